The van der Waals surface area contributed by atoms with Gasteiger partial charge in [-0.15, -0.1) is 0 Å². The van der Waals surface area contributed by atoms with Crippen LogP contribution in [-0.4, -0.2) is 75.8 Å². The Hall–Kier alpha value is -1.69. The summed E-state index contributed by atoms with van der Waals surface area (Å²) in [6, 6.07) is 6.18. The van der Waals surface area contributed by atoms with Crippen LogP contribution in [-0.2, 0) is 24.3 Å². The van der Waals surface area contributed by atoms with Gasteiger partial charge in [0.1, 0.15) is 0 Å². The second kappa shape index (κ2) is 10.1. The molecule has 3 rings (SSSR count). The minimum atomic E-state index is -3.87. The van der Waals surface area contributed by atoms with E-state index in [9.17, 15) is 18.0 Å². The quantitative estimate of drug-likeness (QED) is 0.484. The minimum absolute atomic E-state index is 0.0313. The number of rotatable bonds is 5. The van der Waals surface area contributed by atoms with Gasteiger partial charge >= 0.3 is 12.0 Å². The van der Waals surface area contributed by atoms with Crippen molar-refractivity contribution in [3.05, 3.63) is 28.7 Å². The number of morpholine rings is 1. The van der Waals surface area contributed by atoms with E-state index in [0.29, 0.717) is 52.2 Å². The molecule has 2 aliphatic heterocycles. The lowest BCUT2D eigenvalue weighted by atomic mass is 9.95. The van der Waals surface area contributed by atoms with Crippen LogP contribution in [0.25, 0.3) is 0 Å². The number of halogens is 1. The zero-order valence-corrected chi connectivity index (χ0v) is 19.2. The second-order valence-electron chi connectivity index (χ2n) is 7.31. The average molecular weight is 504 g/mol. The molecule has 2 heterocycles. The second-order valence-corrected chi connectivity index (χ2v) is 9.94. The Kier molecular flexibility index (Phi) is 7.72. The van der Waals surface area contributed by atoms with Gasteiger partial charge in [0.2, 0.25) is 10.0 Å². The lowest BCUT2D eigenvalue weighted by Crippen LogP contribution is -2.52. The summed E-state index contributed by atoms with van der Waals surface area (Å²) >= 11 is 3.28. The van der Waals surface area contributed by atoms with E-state index < -0.39 is 22.2 Å². The first kappa shape index (κ1) is 23.0. The number of benzene rings is 1. The highest BCUT2D eigenvalue weighted by atomic mass is 79.9. The van der Waals surface area contributed by atoms with Crippen molar-refractivity contribution in [2.24, 2.45) is 5.92 Å². The van der Waals surface area contributed by atoms with Crippen molar-refractivity contribution in [3.8, 4) is 0 Å². The Balaban J connectivity index is 1.64. The van der Waals surface area contributed by atoms with E-state index >= 15 is 0 Å². The number of piperidine rings is 1. The molecule has 2 aliphatic rings. The van der Waals surface area contributed by atoms with Crippen LogP contribution in [0.3, 0.4) is 0 Å². The SMILES string of the molecule is CC(=O)OC(NS(=O)(=O)c1ccc(Br)cc1)C1CCN(C(=O)N2CCOCC2)CC1. The number of ether oxygens (including phenoxy) is 2. The molecule has 0 spiro atoms. The normalized spacial score (nSPS) is 19.4. The number of esters is 1. The molecular weight excluding hydrogens is 478 g/mol. The van der Waals surface area contributed by atoms with E-state index in [0.717, 1.165) is 4.47 Å². The topological polar surface area (TPSA) is 105 Å². The van der Waals surface area contributed by atoms with E-state index in [1.54, 1.807) is 21.9 Å². The Morgan fingerprint density at radius 3 is 2.23 bits per heavy atom. The van der Waals surface area contributed by atoms with Crippen molar-refractivity contribution in [1.29, 1.82) is 0 Å². The number of carbonyl (C=O) groups is 2. The van der Waals surface area contributed by atoms with Crippen molar-refractivity contribution >= 4 is 38.0 Å². The molecule has 0 bridgehead atoms. The number of hydrogen-bond donors (Lipinski definition) is 1. The summed E-state index contributed by atoms with van der Waals surface area (Å²) in [4.78, 5) is 27.9. The molecule has 0 radical (unpaired) electrons. The summed E-state index contributed by atoms with van der Waals surface area (Å²) in [6.45, 7) is 4.40. The van der Waals surface area contributed by atoms with Gasteiger partial charge in [-0.25, -0.2) is 13.2 Å². The Morgan fingerprint density at radius 2 is 1.67 bits per heavy atom. The van der Waals surface area contributed by atoms with Crippen LogP contribution >= 0.6 is 15.9 Å². The van der Waals surface area contributed by atoms with Crippen LogP contribution in [0.4, 0.5) is 4.79 Å². The molecule has 0 aromatic heterocycles. The van der Waals surface area contributed by atoms with Gasteiger partial charge in [0.25, 0.3) is 0 Å². The molecule has 1 aromatic carbocycles. The number of sulfonamides is 1. The van der Waals surface area contributed by atoms with Gasteiger partial charge in [0, 0.05) is 43.5 Å². The molecule has 1 atom stereocenters. The largest absolute Gasteiger partial charge is 0.445 e. The van der Waals surface area contributed by atoms with Crippen molar-refractivity contribution in [3.63, 3.8) is 0 Å². The summed E-state index contributed by atoms with van der Waals surface area (Å²) in [6.07, 6.45) is 0.0603. The summed E-state index contributed by atoms with van der Waals surface area (Å²) < 4.78 is 39.4. The summed E-state index contributed by atoms with van der Waals surface area (Å²) in [5.74, 6) is -0.793. The molecule has 2 amide bonds. The van der Waals surface area contributed by atoms with Crippen LogP contribution in [0.2, 0.25) is 0 Å². The van der Waals surface area contributed by atoms with Crippen LogP contribution in [0.15, 0.2) is 33.6 Å². The number of amides is 2. The predicted molar refractivity (Wildman–Crippen MR) is 112 cm³/mol. The number of nitrogens with one attached hydrogen (secondary N) is 1. The fraction of sp³-hybridized carbons (Fsp3) is 0.579. The van der Waals surface area contributed by atoms with Gasteiger partial charge in [0.05, 0.1) is 18.1 Å². The van der Waals surface area contributed by atoms with Crippen LogP contribution in [0, 0.1) is 5.92 Å². The van der Waals surface area contributed by atoms with E-state index in [1.165, 1.54) is 19.1 Å². The van der Waals surface area contributed by atoms with E-state index in [4.69, 9.17) is 9.47 Å². The standard InChI is InChI=1S/C19H26BrN3O6S/c1-14(24)29-18(21-30(26,27)17-4-2-16(20)3-5-17)15-6-8-22(9-7-15)19(25)23-10-12-28-13-11-23/h2-5,15,18,21H,6-13H2,1H3. The van der Waals surface area contributed by atoms with Gasteiger partial charge in [-0.3, -0.25) is 4.79 Å². The average Bonchev–Trinajstić information content (AvgIpc) is 2.73. The molecule has 9 nitrogen and oxygen atoms in total. The Labute approximate surface area is 184 Å². The number of urea groups is 1. The monoisotopic (exact) mass is 503 g/mol. The first-order valence-electron chi connectivity index (χ1n) is 9.83. The number of carbonyl (C=O) groups excluding carboxylic acids is 2. The molecule has 30 heavy (non-hydrogen) atoms. The molecule has 2 fully saturated rings. The predicted octanol–water partition coefficient (Wildman–Crippen LogP) is 1.78. The van der Waals surface area contributed by atoms with Gasteiger partial charge in [0.15, 0.2) is 6.23 Å². The third-order valence-corrected chi connectivity index (χ3v) is 7.17. The van der Waals surface area contributed by atoms with Crippen LogP contribution in [0.1, 0.15) is 19.8 Å². The van der Waals surface area contributed by atoms with E-state index in [-0.39, 0.29) is 16.8 Å². The zero-order chi connectivity index (χ0) is 21.7. The molecule has 11 heteroatoms. The third-order valence-electron chi connectivity index (χ3n) is 5.21. The fourth-order valence-corrected chi connectivity index (χ4v) is 5.02. The Morgan fingerprint density at radius 1 is 1.10 bits per heavy atom. The minimum Gasteiger partial charge on any atom is -0.445 e. The van der Waals surface area contributed by atoms with Crippen LogP contribution < -0.4 is 4.72 Å². The number of likely N-dealkylation sites (tertiary alicyclic amines) is 1. The maximum absolute atomic E-state index is 12.8. The number of nitrogens with zero attached hydrogens (tertiary/aromatic N) is 2. The maximum Gasteiger partial charge on any atom is 0.320 e. The zero-order valence-electron chi connectivity index (χ0n) is 16.8. The lowest BCUT2D eigenvalue weighted by Gasteiger charge is -2.38. The summed E-state index contributed by atoms with van der Waals surface area (Å²) in [7, 11) is -3.87. The van der Waals surface area contributed by atoms with Gasteiger partial charge in [-0.2, -0.15) is 4.72 Å². The molecule has 1 aromatic rings. The van der Waals surface area contributed by atoms with Crippen LogP contribution in [0.5, 0.6) is 0 Å². The highest BCUT2D eigenvalue weighted by Crippen LogP contribution is 2.24. The molecule has 2 saturated heterocycles. The van der Waals surface area contributed by atoms with Gasteiger partial charge in [-0.05, 0) is 37.1 Å². The van der Waals surface area contributed by atoms with Crippen molar-refractivity contribution in [2.75, 3.05) is 39.4 Å². The van der Waals surface area contributed by atoms with Crippen molar-refractivity contribution in [1.82, 2.24) is 14.5 Å². The highest BCUT2D eigenvalue weighted by molar-refractivity contribution is 9.10. The first-order chi connectivity index (χ1) is 14.3. The first-order valence-corrected chi connectivity index (χ1v) is 12.1. The van der Waals surface area contributed by atoms with Gasteiger partial charge < -0.3 is 19.3 Å². The molecule has 0 saturated carbocycles. The van der Waals surface area contributed by atoms with E-state index in [2.05, 4.69) is 20.7 Å². The fourth-order valence-electron chi connectivity index (χ4n) is 3.58. The maximum atomic E-state index is 12.8. The molecule has 1 N–H and O–H groups in total. The van der Waals surface area contributed by atoms with E-state index in [1.807, 2.05) is 0 Å². The third kappa shape index (κ3) is 5.93. The molecule has 166 valence electrons. The number of hydrogen-bond acceptors (Lipinski definition) is 6. The molecule has 1 unspecified atom stereocenters. The molecule has 0 aliphatic carbocycles. The van der Waals surface area contributed by atoms with Gasteiger partial charge in [-0.1, -0.05) is 15.9 Å². The Bertz CT molecular complexity index is 850. The summed E-state index contributed by atoms with van der Waals surface area (Å²) in [5, 5.41) is 0. The van der Waals surface area contributed by atoms with Crippen molar-refractivity contribution in [2.45, 2.75) is 30.9 Å². The smallest absolute Gasteiger partial charge is 0.320 e. The summed E-state index contributed by atoms with van der Waals surface area (Å²) in [5.41, 5.74) is 0. The highest BCUT2D eigenvalue weighted by Gasteiger charge is 2.34. The molecular formula is C19H26BrN3O6S. The van der Waals surface area contributed by atoms with Crippen molar-refractivity contribution < 1.29 is 27.5 Å². The lowest BCUT2D eigenvalue weighted by molar-refractivity contribution is -0.150.